The lowest BCUT2D eigenvalue weighted by Gasteiger charge is -2.24. The minimum absolute atomic E-state index is 0.155. The monoisotopic (exact) mass is 864 g/mol. The van der Waals surface area contributed by atoms with Crippen LogP contribution in [0.1, 0.15) is 194 Å². The Hall–Kier alpha value is -0.790. The summed E-state index contributed by atoms with van der Waals surface area (Å²) in [5, 5.41) is 0. The summed E-state index contributed by atoms with van der Waals surface area (Å²) in [5.74, 6) is -0.719. The molecule has 0 aromatic carbocycles. The highest BCUT2D eigenvalue weighted by molar-refractivity contribution is 7.81. The number of quaternary nitrogens is 1. The van der Waals surface area contributed by atoms with Crippen molar-refractivity contribution in [3.8, 4) is 0 Å². The molecule has 0 amide bonds. The number of hydrogen-bond donors (Lipinski definition) is 0. The van der Waals surface area contributed by atoms with Crippen molar-refractivity contribution in [2.24, 2.45) is 0 Å². The fourth-order valence-electron chi connectivity index (χ4n) is 5.83. The third-order valence-electron chi connectivity index (χ3n) is 9.32. The van der Waals surface area contributed by atoms with Gasteiger partial charge in [-0.1, -0.05) is 168 Å². The normalized spacial score (nSPS) is 13.4. The Morgan fingerprint density at radius 1 is 0.607 bits per heavy atom. The van der Waals surface area contributed by atoms with E-state index in [1.54, 1.807) is 0 Å². The van der Waals surface area contributed by atoms with Gasteiger partial charge in [0.2, 0.25) is 10.4 Å². The molecule has 0 saturated carbocycles. The molecule has 2 atom stereocenters. The van der Waals surface area contributed by atoms with Gasteiger partial charge in [0.05, 0.1) is 34.9 Å². The highest BCUT2D eigenvalue weighted by Crippen LogP contribution is 2.53. The van der Waals surface area contributed by atoms with Gasteiger partial charge in [-0.3, -0.25) is 22.8 Å². The van der Waals surface area contributed by atoms with Crippen LogP contribution >= 0.6 is 18.2 Å². The van der Waals surface area contributed by atoms with Gasteiger partial charge in [0.25, 0.3) is 0 Å². The number of likely N-dealkylation sites (N-methyl/N-ethyl adjacent to an activating group) is 1. The van der Waals surface area contributed by atoms with Crippen LogP contribution in [0.5, 0.6) is 0 Å². The van der Waals surface area contributed by atoms with Crippen molar-refractivity contribution in [3.05, 3.63) is 0 Å². The first-order valence-corrected chi connectivity index (χ1v) is 25.6. The van der Waals surface area contributed by atoms with Crippen LogP contribution in [0.15, 0.2) is 0 Å². The minimum Gasteiger partial charge on any atom is -0.726 e. The molecule has 0 aromatic heterocycles. The van der Waals surface area contributed by atoms with Crippen molar-refractivity contribution < 1.29 is 54.3 Å². The highest BCUT2D eigenvalue weighted by Gasteiger charge is 2.27. The van der Waals surface area contributed by atoms with Gasteiger partial charge in [-0.25, -0.2) is 13.0 Å². The fourth-order valence-corrected chi connectivity index (χ4v) is 6.92. The van der Waals surface area contributed by atoms with Crippen molar-refractivity contribution in [1.29, 1.82) is 0 Å². The van der Waals surface area contributed by atoms with E-state index in [0.717, 1.165) is 45.6 Å². The van der Waals surface area contributed by atoms with E-state index in [-0.39, 0.29) is 38.2 Å². The van der Waals surface area contributed by atoms with Crippen LogP contribution in [-0.4, -0.2) is 90.1 Å². The summed E-state index contributed by atoms with van der Waals surface area (Å²) in [6, 6.07) is 0. The van der Waals surface area contributed by atoms with Crippen LogP contribution in [0.2, 0.25) is 0 Å². The van der Waals surface area contributed by atoms with E-state index in [4.69, 9.17) is 29.8 Å². The van der Waals surface area contributed by atoms with Crippen LogP contribution < -0.4 is 0 Å². The zero-order valence-corrected chi connectivity index (χ0v) is 38.8. The van der Waals surface area contributed by atoms with Crippen molar-refractivity contribution in [2.75, 3.05) is 54.6 Å². The smallest absolute Gasteiger partial charge is 0.424 e. The average molecular weight is 865 g/mol. The van der Waals surface area contributed by atoms with Crippen molar-refractivity contribution in [3.63, 3.8) is 0 Å². The van der Waals surface area contributed by atoms with Crippen LogP contribution in [0, 0.1) is 0 Å². The molecule has 0 aliphatic rings. The highest BCUT2D eigenvalue weighted by atomic mass is 35.7. The van der Waals surface area contributed by atoms with Crippen molar-refractivity contribution >= 4 is 40.5 Å². The van der Waals surface area contributed by atoms with Gasteiger partial charge in [0.1, 0.15) is 19.8 Å². The fraction of sp³-hybridized carbons (Fsp3) is 0.951. The largest absolute Gasteiger partial charge is 0.726 e. The zero-order chi connectivity index (χ0) is 42.4. The molecule has 336 valence electrons. The molecular formula is C41H83ClNO11PS. The number of ether oxygens (including phenoxy) is 2. The van der Waals surface area contributed by atoms with Crippen LogP contribution in [-0.2, 0) is 47.3 Å². The number of carbonyl (C=O) groups is 2. The van der Waals surface area contributed by atoms with E-state index in [1.165, 1.54) is 128 Å². The first-order chi connectivity index (χ1) is 26.5. The number of halogens is 1. The van der Waals surface area contributed by atoms with E-state index in [1.807, 2.05) is 21.1 Å². The van der Waals surface area contributed by atoms with Crippen molar-refractivity contribution in [2.45, 2.75) is 200 Å². The molecule has 0 aliphatic carbocycles. The molecule has 0 aliphatic heterocycles. The number of nitrogens with zero attached hydrogens (tertiary/aromatic N) is 1. The standard InChI is InChI=1S/C40H80ClNO7P.CH4O4S/c1-6-8-10-12-14-16-18-20-22-24-26-28-30-32-39(43)46-36-38(37-48-50(41,45)47-35-34-42(3,4)5)49-40(44)33-31-29-27-25-23-21-19-17-15-13-11-9-7-2;1-5-6(2,3)4/h38H,6-37H2,1-5H3;1H3,(H,2,3,4)/q+1;/p-1/t38-,50?;/m0./s1. The summed E-state index contributed by atoms with van der Waals surface area (Å²) in [6.07, 6.45) is 31.8. The topological polar surface area (TPSA) is 155 Å². The first-order valence-electron chi connectivity index (χ1n) is 21.8. The molecule has 0 spiro atoms. The second-order valence-electron chi connectivity index (χ2n) is 15.9. The van der Waals surface area contributed by atoms with Gasteiger partial charge in [0.15, 0.2) is 6.10 Å². The Bertz CT molecular complexity index is 1080. The summed E-state index contributed by atoms with van der Waals surface area (Å²) in [5.41, 5.74) is 0. The summed E-state index contributed by atoms with van der Waals surface area (Å²) < 4.78 is 66.0. The van der Waals surface area contributed by atoms with Crippen LogP contribution in [0.4, 0.5) is 0 Å². The molecule has 0 rings (SSSR count). The van der Waals surface area contributed by atoms with Gasteiger partial charge < -0.3 is 18.5 Å². The maximum absolute atomic E-state index is 12.7. The second-order valence-corrected chi connectivity index (χ2v) is 19.7. The Kier molecular flexibility index (Phi) is 39.3. The quantitative estimate of drug-likeness (QED) is 0.0145. The van der Waals surface area contributed by atoms with E-state index in [0.29, 0.717) is 17.4 Å². The van der Waals surface area contributed by atoms with E-state index in [9.17, 15) is 27.1 Å². The molecule has 56 heavy (non-hydrogen) atoms. The number of carbonyl (C=O) groups excluding carboxylic acids is 2. The Balaban J connectivity index is 0. The third kappa shape index (κ3) is 47.6. The number of rotatable bonds is 39. The molecule has 0 heterocycles. The lowest BCUT2D eigenvalue weighted by molar-refractivity contribution is -0.870. The molecular weight excluding hydrogens is 781 g/mol. The Morgan fingerprint density at radius 2 is 0.946 bits per heavy atom. The molecule has 15 heteroatoms. The SMILES string of the molecule is CCCCCCCCCCCCCCCC(=O)OC[C@@H](COP(=O)(Cl)OCC[N+](C)(C)C)OC(=O)CCCCCCCCCCCCCCC.COS(=O)(=O)[O-]. The lowest BCUT2D eigenvalue weighted by Crippen LogP contribution is -2.37. The zero-order valence-electron chi connectivity index (χ0n) is 36.4. The minimum atomic E-state index is -4.41. The van der Waals surface area contributed by atoms with Gasteiger partial charge >= 0.3 is 18.9 Å². The van der Waals surface area contributed by atoms with Crippen molar-refractivity contribution in [1.82, 2.24) is 0 Å². The summed E-state index contributed by atoms with van der Waals surface area (Å²) >= 11 is 6.03. The number of unbranched alkanes of at least 4 members (excludes halogenated alkanes) is 24. The molecule has 0 saturated heterocycles. The Labute approximate surface area is 348 Å². The van der Waals surface area contributed by atoms with E-state index in [2.05, 4.69) is 18.0 Å². The molecule has 0 aromatic rings. The van der Waals surface area contributed by atoms with Gasteiger partial charge in [0, 0.05) is 24.1 Å². The van der Waals surface area contributed by atoms with E-state index < -0.39 is 23.5 Å². The van der Waals surface area contributed by atoms with Gasteiger partial charge in [-0.05, 0) is 12.8 Å². The molecule has 1 unspecified atom stereocenters. The molecule has 0 fully saturated rings. The second kappa shape index (κ2) is 38.4. The molecule has 0 N–H and O–H groups in total. The third-order valence-corrected chi connectivity index (χ3v) is 11.3. The van der Waals surface area contributed by atoms with E-state index >= 15 is 0 Å². The van der Waals surface area contributed by atoms with Crippen LogP contribution in [0.3, 0.4) is 0 Å². The average Bonchev–Trinajstić information content (AvgIpc) is 3.12. The number of hydrogen-bond acceptors (Lipinski definition) is 11. The maximum atomic E-state index is 12.7. The predicted octanol–water partition coefficient (Wildman–Crippen LogP) is 11.6. The first kappa shape index (κ1) is 57.3. The summed E-state index contributed by atoms with van der Waals surface area (Å²) in [6.45, 7) is 0.921. The summed E-state index contributed by atoms with van der Waals surface area (Å²) in [7, 11) is 2.36. The maximum Gasteiger partial charge on any atom is 0.424 e. The van der Waals surface area contributed by atoms with Crippen LogP contribution in [0.25, 0.3) is 0 Å². The lowest BCUT2D eigenvalue weighted by atomic mass is 10.0. The molecule has 12 nitrogen and oxygen atoms in total. The Morgan fingerprint density at radius 3 is 1.29 bits per heavy atom. The molecule has 0 bridgehead atoms. The van der Waals surface area contributed by atoms with Gasteiger partial charge in [-0.2, -0.15) is 0 Å². The number of esters is 2. The molecule has 0 radical (unpaired) electrons. The predicted molar refractivity (Wildman–Crippen MR) is 226 cm³/mol. The summed E-state index contributed by atoms with van der Waals surface area (Å²) in [4.78, 5) is 25.1. The van der Waals surface area contributed by atoms with Gasteiger partial charge in [-0.15, -0.1) is 0 Å².